The zero-order valence-corrected chi connectivity index (χ0v) is 11.6. The lowest BCUT2D eigenvalue weighted by molar-refractivity contribution is 0.193. The van der Waals surface area contributed by atoms with Crippen molar-refractivity contribution in [1.29, 1.82) is 0 Å². The smallest absolute Gasteiger partial charge is 0.296 e. The van der Waals surface area contributed by atoms with Gasteiger partial charge in [0.2, 0.25) is 0 Å². The van der Waals surface area contributed by atoms with Gasteiger partial charge < -0.3 is 0 Å². The SMILES string of the molecule is CC(C)CN1CCn2c(c(Br)c(=O)[nH]c2=O)C1. The number of halogens is 1. The van der Waals surface area contributed by atoms with Crippen molar-refractivity contribution in [3.8, 4) is 0 Å². The third-order valence-corrected chi connectivity index (χ3v) is 3.70. The van der Waals surface area contributed by atoms with Gasteiger partial charge in [0.15, 0.2) is 0 Å². The number of nitrogens with one attached hydrogen (secondary N) is 1. The lowest BCUT2D eigenvalue weighted by Gasteiger charge is -2.30. The van der Waals surface area contributed by atoms with Crippen LogP contribution in [0.25, 0.3) is 0 Å². The lowest BCUT2D eigenvalue weighted by Crippen LogP contribution is -2.44. The summed E-state index contributed by atoms with van der Waals surface area (Å²) in [5.74, 6) is 0.578. The van der Waals surface area contributed by atoms with Crippen molar-refractivity contribution in [2.45, 2.75) is 26.9 Å². The number of rotatable bonds is 2. The molecule has 1 N–H and O–H groups in total. The molecular formula is C11H16BrN3O2. The van der Waals surface area contributed by atoms with Gasteiger partial charge in [-0.25, -0.2) is 4.79 Å². The molecule has 2 heterocycles. The van der Waals surface area contributed by atoms with Crippen LogP contribution in [0, 0.1) is 5.92 Å². The molecule has 1 aromatic rings. The molecule has 0 fully saturated rings. The van der Waals surface area contributed by atoms with E-state index in [0.29, 0.717) is 23.5 Å². The number of hydrogen-bond acceptors (Lipinski definition) is 3. The van der Waals surface area contributed by atoms with Crippen LogP contribution in [-0.2, 0) is 13.1 Å². The van der Waals surface area contributed by atoms with Crippen molar-refractivity contribution in [3.63, 3.8) is 0 Å². The molecule has 0 aliphatic carbocycles. The number of aromatic nitrogens is 2. The summed E-state index contributed by atoms with van der Waals surface area (Å²) in [5.41, 5.74) is 0.135. The van der Waals surface area contributed by atoms with Gasteiger partial charge in [-0.3, -0.25) is 19.2 Å². The monoisotopic (exact) mass is 301 g/mol. The average Bonchev–Trinajstić information content (AvgIpc) is 2.25. The Morgan fingerprint density at radius 3 is 2.71 bits per heavy atom. The van der Waals surface area contributed by atoms with E-state index in [0.717, 1.165) is 18.8 Å². The molecule has 1 aliphatic heterocycles. The van der Waals surface area contributed by atoms with E-state index in [1.807, 2.05) is 0 Å². The van der Waals surface area contributed by atoms with Gasteiger partial charge in [0.05, 0.1) is 5.69 Å². The molecule has 0 amide bonds. The van der Waals surface area contributed by atoms with E-state index >= 15 is 0 Å². The van der Waals surface area contributed by atoms with Crippen molar-refractivity contribution in [2.24, 2.45) is 5.92 Å². The Hall–Kier alpha value is -0.880. The lowest BCUT2D eigenvalue weighted by atomic mass is 10.2. The first kappa shape index (κ1) is 12.6. The fraction of sp³-hybridized carbons (Fsp3) is 0.636. The quantitative estimate of drug-likeness (QED) is 0.878. The summed E-state index contributed by atoms with van der Waals surface area (Å²) in [5, 5.41) is 0. The topological polar surface area (TPSA) is 58.1 Å². The first-order valence-corrected chi connectivity index (χ1v) is 6.52. The first-order valence-electron chi connectivity index (χ1n) is 5.73. The average molecular weight is 302 g/mol. The van der Waals surface area contributed by atoms with Gasteiger partial charge in [-0.05, 0) is 21.8 Å². The molecule has 0 unspecified atom stereocenters. The molecule has 1 aromatic heterocycles. The second kappa shape index (κ2) is 4.78. The number of nitrogens with zero attached hydrogens (tertiary/aromatic N) is 2. The van der Waals surface area contributed by atoms with Gasteiger partial charge in [0.25, 0.3) is 5.56 Å². The van der Waals surface area contributed by atoms with E-state index in [9.17, 15) is 9.59 Å². The maximum atomic E-state index is 11.6. The summed E-state index contributed by atoms with van der Waals surface area (Å²) >= 11 is 3.26. The van der Waals surface area contributed by atoms with Crippen LogP contribution in [0.3, 0.4) is 0 Å². The zero-order chi connectivity index (χ0) is 12.6. The van der Waals surface area contributed by atoms with Gasteiger partial charge >= 0.3 is 5.69 Å². The maximum absolute atomic E-state index is 11.6. The Balaban J connectivity index is 2.37. The standard InChI is InChI=1S/C11H16BrN3O2/c1-7(2)5-14-3-4-15-8(6-14)9(12)10(16)13-11(15)17/h7H,3-6H2,1-2H3,(H,13,16,17). The maximum Gasteiger partial charge on any atom is 0.328 e. The molecule has 0 saturated heterocycles. The second-order valence-electron chi connectivity index (χ2n) is 4.80. The highest BCUT2D eigenvalue weighted by Crippen LogP contribution is 2.17. The normalized spacial score (nSPS) is 16.2. The molecule has 17 heavy (non-hydrogen) atoms. The Morgan fingerprint density at radius 2 is 2.06 bits per heavy atom. The summed E-state index contributed by atoms with van der Waals surface area (Å²) in [7, 11) is 0. The number of H-pyrrole nitrogens is 1. The molecule has 0 aromatic carbocycles. The van der Waals surface area contributed by atoms with Crippen LogP contribution < -0.4 is 11.2 Å². The van der Waals surface area contributed by atoms with E-state index in [4.69, 9.17) is 0 Å². The third kappa shape index (κ3) is 2.52. The van der Waals surface area contributed by atoms with Crippen LogP contribution in [0.1, 0.15) is 19.5 Å². The molecule has 2 rings (SSSR count). The Kier molecular flexibility index (Phi) is 3.53. The van der Waals surface area contributed by atoms with Crippen LogP contribution in [0.4, 0.5) is 0 Å². The van der Waals surface area contributed by atoms with Gasteiger partial charge in [-0.15, -0.1) is 0 Å². The van der Waals surface area contributed by atoms with Crippen molar-refractivity contribution in [3.05, 3.63) is 31.0 Å². The molecule has 6 heteroatoms. The van der Waals surface area contributed by atoms with E-state index in [1.165, 1.54) is 0 Å². The molecule has 0 radical (unpaired) electrons. The van der Waals surface area contributed by atoms with Gasteiger partial charge in [-0.2, -0.15) is 0 Å². The molecule has 0 bridgehead atoms. The minimum absolute atomic E-state index is 0.308. The Morgan fingerprint density at radius 1 is 1.35 bits per heavy atom. The highest BCUT2D eigenvalue weighted by atomic mass is 79.9. The van der Waals surface area contributed by atoms with Gasteiger partial charge in [0.1, 0.15) is 4.47 Å². The molecule has 0 spiro atoms. The van der Waals surface area contributed by atoms with E-state index in [2.05, 4.69) is 39.7 Å². The summed E-state index contributed by atoms with van der Waals surface area (Å²) in [6, 6.07) is 0. The fourth-order valence-corrected chi connectivity index (χ4v) is 2.63. The Bertz CT molecular complexity index is 532. The van der Waals surface area contributed by atoms with E-state index in [-0.39, 0.29) is 11.2 Å². The Labute approximate surface area is 108 Å². The minimum Gasteiger partial charge on any atom is -0.296 e. The van der Waals surface area contributed by atoms with Crippen LogP contribution in [-0.4, -0.2) is 27.5 Å². The van der Waals surface area contributed by atoms with Crippen molar-refractivity contribution in [2.75, 3.05) is 13.1 Å². The summed E-state index contributed by atoms with van der Waals surface area (Å²) in [4.78, 5) is 27.7. The van der Waals surface area contributed by atoms with Gasteiger partial charge in [-0.1, -0.05) is 13.8 Å². The van der Waals surface area contributed by atoms with Crippen molar-refractivity contribution < 1.29 is 0 Å². The zero-order valence-electron chi connectivity index (χ0n) is 9.99. The number of fused-ring (bicyclic) bond motifs is 1. The van der Waals surface area contributed by atoms with Gasteiger partial charge in [0, 0.05) is 26.2 Å². The van der Waals surface area contributed by atoms with Crippen molar-refractivity contribution in [1.82, 2.24) is 14.5 Å². The predicted molar refractivity (Wildman–Crippen MR) is 69.1 cm³/mol. The third-order valence-electron chi connectivity index (χ3n) is 2.88. The molecule has 94 valence electrons. The predicted octanol–water partition coefficient (Wildman–Crippen LogP) is 0.771. The van der Waals surface area contributed by atoms with Crippen LogP contribution in [0.2, 0.25) is 0 Å². The summed E-state index contributed by atoms with van der Waals surface area (Å²) in [6.45, 7) is 7.44. The highest BCUT2D eigenvalue weighted by molar-refractivity contribution is 9.10. The van der Waals surface area contributed by atoms with Crippen LogP contribution in [0.15, 0.2) is 14.1 Å². The van der Waals surface area contributed by atoms with Crippen LogP contribution >= 0.6 is 15.9 Å². The highest BCUT2D eigenvalue weighted by Gasteiger charge is 2.21. The van der Waals surface area contributed by atoms with E-state index < -0.39 is 0 Å². The first-order chi connectivity index (χ1) is 7.99. The molecule has 5 nitrogen and oxygen atoms in total. The fourth-order valence-electron chi connectivity index (χ4n) is 2.19. The molecule has 0 saturated carbocycles. The summed E-state index contributed by atoms with van der Waals surface area (Å²) < 4.78 is 2.12. The number of hydrogen-bond donors (Lipinski definition) is 1. The molecule has 0 atom stereocenters. The number of aromatic amines is 1. The van der Waals surface area contributed by atoms with Crippen molar-refractivity contribution >= 4 is 15.9 Å². The van der Waals surface area contributed by atoms with E-state index in [1.54, 1.807) is 4.57 Å². The minimum atomic E-state index is -0.340. The largest absolute Gasteiger partial charge is 0.328 e. The second-order valence-corrected chi connectivity index (χ2v) is 5.59. The molecule has 1 aliphatic rings. The summed E-state index contributed by atoms with van der Waals surface area (Å²) in [6.07, 6.45) is 0. The molecular weight excluding hydrogens is 286 g/mol. The van der Waals surface area contributed by atoms with Crippen LogP contribution in [0.5, 0.6) is 0 Å².